The normalized spacial score (nSPS) is 13.2. The van der Waals surface area contributed by atoms with Crippen molar-refractivity contribution in [3.63, 3.8) is 0 Å². The number of hydrogen-bond donors (Lipinski definition) is 0. The van der Waals surface area contributed by atoms with Gasteiger partial charge in [0.15, 0.2) is 11.0 Å². The second kappa shape index (κ2) is 4.91. The Morgan fingerprint density at radius 3 is 2.65 bits per heavy atom. The Kier molecular flexibility index (Phi) is 3.51. The molecule has 1 unspecified atom stereocenters. The quantitative estimate of drug-likeness (QED) is 0.783. The van der Waals surface area contributed by atoms with Crippen LogP contribution in [0.2, 0.25) is 0 Å². The van der Waals surface area contributed by atoms with E-state index in [1.165, 1.54) is 0 Å². The predicted molar refractivity (Wildman–Crippen MR) is 65.9 cm³/mol. The summed E-state index contributed by atoms with van der Waals surface area (Å²) in [6, 6.07) is 0. The van der Waals surface area contributed by atoms with Gasteiger partial charge in [0.2, 0.25) is 5.89 Å². The lowest BCUT2D eigenvalue weighted by Crippen LogP contribution is -1.95. The molecule has 0 aliphatic carbocycles. The zero-order valence-electron chi connectivity index (χ0n) is 10.4. The Balaban J connectivity index is 2.09. The highest BCUT2D eigenvalue weighted by Crippen LogP contribution is 2.32. The molecule has 1 atom stereocenters. The van der Waals surface area contributed by atoms with Crippen molar-refractivity contribution in [3.8, 4) is 0 Å². The van der Waals surface area contributed by atoms with Gasteiger partial charge in [0.25, 0.3) is 0 Å². The van der Waals surface area contributed by atoms with Gasteiger partial charge in [-0.1, -0.05) is 30.8 Å². The van der Waals surface area contributed by atoms with Crippen LogP contribution in [0.5, 0.6) is 0 Å². The Hall–Kier alpha value is -1.30. The molecule has 0 fully saturated rings. The van der Waals surface area contributed by atoms with E-state index in [9.17, 15) is 0 Å². The van der Waals surface area contributed by atoms with Gasteiger partial charge in [-0.3, -0.25) is 0 Å². The van der Waals surface area contributed by atoms with Crippen molar-refractivity contribution in [1.82, 2.24) is 19.7 Å². The van der Waals surface area contributed by atoms with Gasteiger partial charge in [-0.25, -0.2) is 4.98 Å². The highest BCUT2D eigenvalue weighted by atomic mass is 32.2. The third-order valence-corrected chi connectivity index (χ3v) is 3.54. The van der Waals surface area contributed by atoms with Crippen molar-refractivity contribution >= 4 is 11.8 Å². The lowest BCUT2D eigenvalue weighted by atomic mass is 10.2. The number of thioether (sulfide) groups is 1. The first-order valence-electron chi connectivity index (χ1n) is 5.55. The van der Waals surface area contributed by atoms with Crippen molar-refractivity contribution in [3.05, 3.63) is 24.1 Å². The van der Waals surface area contributed by atoms with E-state index in [4.69, 9.17) is 4.52 Å². The standard InChI is InChI=1S/C11H16N4OS/c1-7(2)9-13-10(16-14-9)8(3)17-11-12-5-6-15(11)4/h5-8H,1-4H3. The molecule has 0 saturated heterocycles. The smallest absolute Gasteiger partial charge is 0.239 e. The maximum atomic E-state index is 5.26. The highest BCUT2D eigenvalue weighted by molar-refractivity contribution is 7.99. The van der Waals surface area contributed by atoms with Crippen LogP contribution < -0.4 is 0 Å². The van der Waals surface area contributed by atoms with Gasteiger partial charge in [-0.2, -0.15) is 4.98 Å². The Morgan fingerprint density at radius 1 is 1.35 bits per heavy atom. The molecule has 5 nitrogen and oxygen atoms in total. The van der Waals surface area contributed by atoms with Gasteiger partial charge in [0.05, 0.1) is 5.25 Å². The Morgan fingerprint density at radius 2 is 2.12 bits per heavy atom. The second-order valence-electron chi connectivity index (χ2n) is 4.23. The SMILES string of the molecule is CC(C)c1noc(C(C)Sc2nccn2C)n1. The first-order valence-corrected chi connectivity index (χ1v) is 6.43. The van der Waals surface area contributed by atoms with Crippen molar-refractivity contribution in [1.29, 1.82) is 0 Å². The number of nitrogens with zero attached hydrogens (tertiary/aromatic N) is 4. The van der Waals surface area contributed by atoms with E-state index in [1.807, 2.05) is 38.6 Å². The van der Waals surface area contributed by atoms with Crippen molar-refractivity contribution in [2.75, 3.05) is 0 Å². The van der Waals surface area contributed by atoms with E-state index >= 15 is 0 Å². The van der Waals surface area contributed by atoms with Crippen LogP contribution >= 0.6 is 11.8 Å². The van der Waals surface area contributed by atoms with Crippen LogP contribution in [0.3, 0.4) is 0 Å². The molecular weight excluding hydrogens is 236 g/mol. The number of imidazole rings is 1. The molecule has 17 heavy (non-hydrogen) atoms. The highest BCUT2D eigenvalue weighted by Gasteiger charge is 2.18. The summed E-state index contributed by atoms with van der Waals surface area (Å²) < 4.78 is 7.23. The minimum atomic E-state index is 0.107. The van der Waals surface area contributed by atoms with Gasteiger partial charge >= 0.3 is 0 Å². The average Bonchev–Trinajstić information content (AvgIpc) is 2.88. The van der Waals surface area contributed by atoms with Crippen molar-refractivity contribution < 1.29 is 4.52 Å². The lowest BCUT2D eigenvalue weighted by molar-refractivity contribution is 0.373. The van der Waals surface area contributed by atoms with E-state index < -0.39 is 0 Å². The van der Waals surface area contributed by atoms with E-state index in [-0.39, 0.29) is 11.2 Å². The van der Waals surface area contributed by atoms with Crippen LogP contribution in [0.25, 0.3) is 0 Å². The first-order chi connectivity index (χ1) is 8.08. The van der Waals surface area contributed by atoms with Gasteiger partial charge in [-0.05, 0) is 6.92 Å². The zero-order chi connectivity index (χ0) is 12.4. The molecule has 0 N–H and O–H groups in total. The summed E-state index contributed by atoms with van der Waals surface area (Å²) in [4.78, 5) is 8.64. The summed E-state index contributed by atoms with van der Waals surface area (Å²) in [5, 5.41) is 5.02. The Labute approximate surface area is 105 Å². The number of aryl methyl sites for hydroxylation is 1. The van der Waals surface area contributed by atoms with Gasteiger partial charge < -0.3 is 9.09 Å². The van der Waals surface area contributed by atoms with Crippen LogP contribution in [0.4, 0.5) is 0 Å². The summed E-state index contributed by atoms with van der Waals surface area (Å²) >= 11 is 1.61. The molecule has 0 aliphatic heterocycles. The summed E-state index contributed by atoms with van der Waals surface area (Å²) in [6.07, 6.45) is 3.70. The molecule has 6 heteroatoms. The topological polar surface area (TPSA) is 56.7 Å². The molecule has 0 bridgehead atoms. The fourth-order valence-corrected chi connectivity index (χ4v) is 2.18. The summed E-state index contributed by atoms with van der Waals surface area (Å²) in [5.41, 5.74) is 0. The van der Waals surface area contributed by atoms with E-state index in [0.29, 0.717) is 5.89 Å². The molecule has 2 heterocycles. The average molecular weight is 252 g/mol. The molecule has 0 radical (unpaired) electrons. The maximum Gasteiger partial charge on any atom is 0.239 e. The van der Waals surface area contributed by atoms with Crippen molar-refractivity contribution in [2.24, 2.45) is 7.05 Å². The minimum absolute atomic E-state index is 0.107. The number of hydrogen-bond acceptors (Lipinski definition) is 5. The second-order valence-corrected chi connectivity index (χ2v) is 5.53. The molecular formula is C11H16N4OS. The summed E-state index contributed by atoms with van der Waals surface area (Å²) in [6.45, 7) is 6.13. The molecule has 0 spiro atoms. The fourth-order valence-electron chi connectivity index (χ4n) is 1.32. The van der Waals surface area contributed by atoms with E-state index in [1.54, 1.807) is 18.0 Å². The molecule has 0 saturated carbocycles. The van der Waals surface area contributed by atoms with Gasteiger partial charge in [0.1, 0.15) is 0 Å². The third kappa shape index (κ3) is 2.69. The molecule has 2 rings (SSSR count). The third-order valence-electron chi connectivity index (χ3n) is 2.38. The molecule has 2 aromatic heterocycles. The van der Waals surface area contributed by atoms with Crippen molar-refractivity contribution in [2.45, 2.75) is 37.1 Å². The molecule has 0 amide bonds. The molecule has 2 aromatic rings. The Bertz CT molecular complexity index is 491. The zero-order valence-corrected chi connectivity index (χ0v) is 11.2. The van der Waals surface area contributed by atoms with Crippen LogP contribution in [0.1, 0.15) is 43.7 Å². The maximum absolute atomic E-state index is 5.26. The van der Waals surface area contributed by atoms with Gasteiger partial charge in [0, 0.05) is 25.4 Å². The first kappa shape index (κ1) is 12.2. The van der Waals surface area contributed by atoms with Gasteiger partial charge in [-0.15, -0.1) is 0 Å². The lowest BCUT2D eigenvalue weighted by Gasteiger charge is -2.05. The predicted octanol–water partition coefficient (Wildman–Crippen LogP) is 2.78. The number of rotatable bonds is 4. The largest absolute Gasteiger partial charge is 0.338 e. The molecule has 0 aromatic carbocycles. The van der Waals surface area contributed by atoms with Crippen LogP contribution in [-0.2, 0) is 7.05 Å². The van der Waals surface area contributed by atoms with E-state index in [2.05, 4.69) is 15.1 Å². The summed E-state index contributed by atoms with van der Waals surface area (Å²) in [5.74, 6) is 1.70. The molecule has 0 aliphatic rings. The molecule has 92 valence electrons. The van der Waals surface area contributed by atoms with Crippen LogP contribution in [0, 0.1) is 0 Å². The summed E-state index contributed by atoms with van der Waals surface area (Å²) in [7, 11) is 1.97. The van der Waals surface area contributed by atoms with Crippen LogP contribution in [-0.4, -0.2) is 19.7 Å². The monoisotopic (exact) mass is 252 g/mol. The van der Waals surface area contributed by atoms with Crippen LogP contribution in [0.15, 0.2) is 22.1 Å². The van der Waals surface area contributed by atoms with E-state index in [0.717, 1.165) is 11.0 Å². The minimum Gasteiger partial charge on any atom is -0.338 e. The fraction of sp³-hybridized carbons (Fsp3) is 0.545. The number of aromatic nitrogens is 4.